The Bertz CT molecular complexity index is 541. The number of carbonyl (C=O) groups excluding carboxylic acids is 1. The van der Waals surface area contributed by atoms with Crippen molar-refractivity contribution >= 4 is 5.91 Å². The molecule has 1 aromatic heterocycles. The van der Waals surface area contributed by atoms with Crippen LogP contribution in [0.25, 0.3) is 0 Å². The van der Waals surface area contributed by atoms with Crippen LogP contribution in [0.2, 0.25) is 0 Å². The molecule has 0 unspecified atom stereocenters. The van der Waals surface area contributed by atoms with E-state index in [9.17, 15) is 4.79 Å². The van der Waals surface area contributed by atoms with E-state index < -0.39 is 0 Å². The van der Waals surface area contributed by atoms with Crippen molar-refractivity contribution in [3.8, 4) is 0 Å². The topological polar surface area (TPSA) is 54.0 Å². The SMILES string of the molecule is C1=C2CCCNC2=CCC1.CC1CCCCC1.CCNC(C)=O.c1ccncc1. The summed E-state index contributed by atoms with van der Waals surface area (Å²) >= 11 is 0. The van der Waals surface area contributed by atoms with E-state index in [1.54, 1.807) is 18.0 Å². The largest absolute Gasteiger partial charge is 0.385 e. The molecule has 162 valence electrons. The molecule has 1 amide bonds. The highest BCUT2D eigenvalue weighted by molar-refractivity contribution is 5.72. The minimum absolute atomic E-state index is 0.0394. The Morgan fingerprint density at radius 3 is 2.17 bits per heavy atom. The van der Waals surface area contributed by atoms with Gasteiger partial charge in [0.05, 0.1) is 0 Å². The highest BCUT2D eigenvalue weighted by atomic mass is 16.1. The monoisotopic (exact) mass is 399 g/mol. The Morgan fingerprint density at radius 2 is 1.76 bits per heavy atom. The summed E-state index contributed by atoms with van der Waals surface area (Å²) in [6.45, 7) is 7.66. The van der Waals surface area contributed by atoms with Gasteiger partial charge >= 0.3 is 0 Å². The van der Waals surface area contributed by atoms with Crippen LogP contribution in [0, 0.1) is 5.92 Å². The van der Waals surface area contributed by atoms with E-state index in [1.165, 1.54) is 77.0 Å². The normalized spacial score (nSPS) is 17.6. The van der Waals surface area contributed by atoms with Crippen LogP contribution in [0.4, 0.5) is 0 Å². The van der Waals surface area contributed by atoms with Gasteiger partial charge in [0.15, 0.2) is 0 Å². The molecule has 29 heavy (non-hydrogen) atoms. The van der Waals surface area contributed by atoms with Crippen LogP contribution in [0.3, 0.4) is 0 Å². The summed E-state index contributed by atoms with van der Waals surface area (Å²) < 4.78 is 0. The van der Waals surface area contributed by atoms with Gasteiger partial charge in [-0.15, -0.1) is 0 Å². The maximum absolute atomic E-state index is 9.93. The van der Waals surface area contributed by atoms with Crippen molar-refractivity contribution in [3.63, 3.8) is 0 Å². The average molecular weight is 400 g/mol. The molecule has 4 nitrogen and oxygen atoms in total. The second-order valence-electron chi connectivity index (χ2n) is 7.81. The lowest BCUT2D eigenvalue weighted by Gasteiger charge is -2.22. The van der Waals surface area contributed by atoms with E-state index in [0.717, 1.165) is 12.5 Å². The van der Waals surface area contributed by atoms with Gasteiger partial charge in [0.25, 0.3) is 0 Å². The second kappa shape index (κ2) is 16.8. The number of allylic oxidation sites excluding steroid dienone is 3. The molecule has 0 spiro atoms. The number of piperidine rings is 1. The minimum atomic E-state index is 0.0394. The first-order chi connectivity index (χ1) is 14.1. The smallest absolute Gasteiger partial charge is 0.216 e. The first kappa shape index (κ1) is 24.9. The molecule has 2 fully saturated rings. The number of nitrogens with zero attached hydrogens (tertiary/aromatic N) is 1. The molecule has 4 rings (SSSR count). The zero-order chi connectivity index (χ0) is 21.2. The summed E-state index contributed by atoms with van der Waals surface area (Å²) in [6.07, 6.45) is 20.7. The van der Waals surface area contributed by atoms with Crippen molar-refractivity contribution in [3.05, 3.63) is 54.0 Å². The lowest BCUT2D eigenvalue weighted by atomic mass is 9.91. The lowest BCUT2D eigenvalue weighted by Crippen LogP contribution is -2.22. The predicted molar refractivity (Wildman–Crippen MR) is 123 cm³/mol. The van der Waals surface area contributed by atoms with Crippen molar-refractivity contribution in [2.24, 2.45) is 5.92 Å². The molecule has 1 aliphatic heterocycles. The maximum atomic E-state index is 9.93. The number of hydrogen-bond acceptors (Lipinski definition) is 3. The molecule has 2 heterocycles. The number of nitrogens with one attached hydrogen (secondary N) is 2. The summed E-state index contributed by atoms with van der Waals surface area (Å²) in [5, 5.41) is 5.98. The molecule has 1 saturated carbocycles. The van der Waals surface area contributed by atoms with Gasteiger partial charge < -0.3 is 10.6 Å². The van der Waals surface area contributed by atoms with E-state index in [1.807, 2.05) is 25.1 Å². The molecule has 1 saturated heterocycles. The van der Waals surface area contributed by atoms with Gasteiger partial charge in [0.2, 0.25) is 5.91 Å². The summed E-state index contributed by atoms with van der Waals surface area (Å²) in [5.41, 5.74) is 2.97. The number of fused-ring (bicyclic) bond motifs is 1. The van der Waals surface area contributed by atoms with Gasteiger partial charge in [-0.3, -0.25) is 9.78 Å². The van der Waals surface area contributed by atoms with Gasteiger partial charge in [-0.05, 0) is 56.2 Å². The third-order valence-corrected chi connectivity index (χ3v) is 5.08. The molecule has 2 N–H and O–H groups in total. The molecule has 2 aliphatic carbocycles. The molecule has 0 radical (unpaired) electrons. The number of aromatic nitrogens is 1. The Balaban J connectivity index is 0.000000199. The zero-order valence-electron chi connectivity index (χ0n) is 18.8. The first-order valence-corrected chi connectivity index (χ1v) is 11.4. The van der Waals surface area contributed by atoms with Gasteiger partial charge in [0, 0.05) is 38.1 Å². The number of amides is 1. The summed E-state index contributed by atoms with van der Waals surface area (Å²) in [6, 6.07) is 5.72. The van der Waals surface area contributed by atoms with Crippen LogP contribution in [0.5, 0.6) is 0 Å². The number of carbonyl (C=O) groups is 1. The average Bonchev–Trinajstić information content (AvgIpc) is 2.77. The standard InChI is InChI=1S/C9H13N.C7H14.C5H5N.C4H9NO/c1-2-6-9-8(4-1)5-3-7-10-9;1-7-5-3-2-4-6-7;1-2-4-6-5-3-1;1-3-5-4(2)6/h4,6,10H,1-3,5,7H2;7H,2-6H2,1H3;1-5H;3H2,1-2H3,(H,5,6). The number of hydrogen-bond donors (Lipinski definition) is 2. The maximum Gasteiger partial charge on any atom is 0.216 e. The van der Waals surface area contributed by atoms with E-state index in [0.29, 0.717) is 0 Å². The van der Waals surface area contributed by atoms with Crippen LogP contribution < -0.4 is 10.6 Å². The van der Waals surface area contributed by atoms with Gasteiger partial charge in [0.1, 0.15) is 0 Å². The third kappa shape index (κ3) is 13.7. The third-order valence-electron chi connectivity index (χ3n) is 5.08. The summed E-state index contributed by atoms with van der Waals surface area (Å²) in [4.78, 5) is 13.7. The molecule has 0 aromatic carbocycles. The van der Waals surface area contributed by atoms with Crippen LogP contribution in [0.15, 0.2) is 54.0 Å². The second-order valence-corrected chi connectivity index (χ2v) is 7.81. The van der Waals surface area contributed by atoms with Crippen LogP contribution >= 0.6 is 0 Å². The zero-order valence-corrected chi connectivity index (χ0v) is 18.8. The van der Waals surface area contributed by atoms with E-state index in [2.05, 4.69) is 34.7 Å². The summed E-state index contributed by atoms with van der Waals surface area (Å²) in [5.74, 6) is 1.08. The van der Waals surface area contributed by atoms with Crippen molar-refractivity contribution in [1.82, 2.24) is 15.6 Å². The van der Waals surface area contributed by atoms with Crippen LogP contribution in [0.1, 0.15) is 78.6 Å². The van der Waals surface area contributed by atoms with Crippen molar-refractivity contribution in [2.45, 2.75) is 78.6 Å². The Morgan fingerprint density at radius 1 is 1.07 bits per heavy atom. The Kier molecular flexibility index (Phi) is 14.5. The minimum Gasteiger partial charge on any atom is -0.385 e. The summed E-state index contributed by atoms with van der Waals surface area (Å²) in [7, 11) is 0. The molecule has 1 aromatic rings. The van der Waals surface area contributed by atoms with Crippen molar-refractivity contribution < 1.29 is 4.79 Å². The van der Waals surface area contributed by atoms with Crippen LogP contribution in [-0.4, -0.2) is 24.0 Å². The Labute approximate surface area is 178 Å². The molecule has 4 heteroatoms. The molecular weight excluding hydrogens is 358 g/mol. The molecule has 3 aliphatic rings. The van der Waals surface area contributed by atoms with Crippen molar-refractivity contribution in [1.29, 1.82) is 0 Å². The predicted octanol–water partition coefficient (Wildman–Crippen LogP) is 5.78. The van der Waals surface area contributed by atoms with Gasteiger partial charge in [-0.25, -0.2) is 0 Å². The highest BCUT2D eigenvalue weighted by Gasteiger charge is 2.11. The molecule has 0 atom stereocenters. The molecule has 0 bridgehead atoms. The van der Waals surface area contributed by atoms with E-state index in [4.69, 9.17) is 0 Å². The molecular formula is C25H41N3O. The fourth-order valence-corrected chi connectivity index (χ4v) is 3.52. The first-order valence-electron chi connectivity index (χ1n) is 11.4. The van der Waals surface area contributed by atoms with Crippen LogP contribution in [-0.2, 0) is 4.79 Å². The Hall–Kier alpha value is -2.10. The van der Waals surface area contributed by atoms with Gasteiger partial charge in [-0.2, -0.15) is 0 Å². The van der Waals surface area contributed by atoms with Gasteiger partial charge in [-0.1, -0.05) is 57.2 Å². The number of pyridine rings is 1. The quantitative estimate of drug-likeness (QED) is 0.629. The number of rotatable bonds is 1. The van der Waals surface area contributed by atoms with E-state index in [-0.39, 0.29) is 5.91 Å². The lowest BCUT2D eigenvalue weighted by molar-refractivity contribution is -0.118. The van der Waals surface area contributed by atoms with E-state index >= 15 is 0 Å². The highest BCUT2D eigenvalue weighted by Crippen LogP contribution is 2.23. The fraction of sp³-hybridized carbons (Fsp3) is 0.600. The van der Waals surface area contributed by atoms with Crippen molar-refractivity contribution in [2.75, 3.05) is 13.1 Å². The fourth-order valence-electron chi connectivity index (χ4n) is 3.52.